The summed E-state index contributed by atoms with van der Waals surface area (Å²) in [7, 11) is 0. The van der Waals surface area contributed by atoms with E-state index in [1.165, 1.54) is 42.6 Å². The molecule has 0 radical (unpaired) electrons. The Morgan fingerprint density at radius 3 is 2.59 bits per heavy atom. The molecule has 146 valence electrons. The first-order chi connectivity index (χ1) is 13.9. The third-order valence-corrected chi connectivity index (χ3v) is 4.28. The summed E-state index contributed by atoms with van der Waals surface area (Å²) < 4.78 is 16.0. The van der Waals surface area contributed by atoms with Gasteiger partial charge in [0.2, 0.25) is 0 Å². The molecule has 4 rings (SSSR count). The third-order valence-electron chi connectivity index (χ3n) is 4.28. The Balaban J connectivity index is 1.62. The lowest BCUT2D eigenvalue weighted by Gasteiger charge is -2.09. The van der Waals surface area contributed by atoms with Crippen molar-refractivity contribution in [3.05, 3.63) is 76.7 Å². The largest absolute Gasteiger partial charge is 0.319 e. The minimum atomic E-state index is -0.502. The van der Waals surface area contributed by atoms with Gasteiger partial charge in [0.15, 0.2) is 5.65 Å². The summed E-state index contributed by atoms with van der Waals surface area (Å²) in [4.78, 5) is 29.1. The van der Waals surface area contributed by atoms with Crippen LogP contribution in [0.2, 0.25) is 0 Å². The Kier molecular flexibility index (Phi) is 4.63. The zero-order chi connectivity index (χ0) is 20.5. The van der Waals surface area contributed by atoms with Crippen LogP contribution in [0, 0.1) is 5.82 Å². The molecule has 29 heavy (non-hydrogen) atoms. The number of nitrogens with zero attached hydrogens (tertiary/aromatic N) is 5. The van der Waals surface area contributed by atoms with Gasteiger partial charge < -0.3 is 5.32 Å². The Hall–Kier alpha value is -3.88. The van der Waals surface area contributed by atoms with Crippen molar-refractivity contribution in [1.82, 2.24) is 24.5 Å². The van der Waals surface area contributed by atoms with Crippen molar-refractivity contribution in [3.63, 3.8) is 0 Å². The van der Waals surface area contributed by atoms with Gasteiger partial charge in [0, 0.05) is 17.5 Å². The molecule has 0 spiro atoms. The Bertz CT molecular complexity index is 1260. The third kappa shape index (κ3) is 3.62. The average molecular weight is 392 g/mol. The first-order valence-corrected chi connectivity index (χ1v) is 8.93. The number of carbonyl (C=O) groups excluding carboxylic acids is 1. The van der Waals surface area contributed by atoms with Gasteiger partial charge >= 0.3 is 0 Å². The van der Waals surface area contributed by atoms with Crippen molar-refractivity contribution in [2.45, 2.75) is 19.9 Å². The monoisotopic (exact) mass is 392 g/mol. The lowest BCUT2D eigenvalue weighted by atomic mass is 10.3. The zero-order valence-corrected chi connectivity index (χ0v) is 15.7. The van der Waals surface area contributed by atoms with Crippen molar-refractivity contribution >= 4 is 22.6 Å². The normalized spacial score (nSPS) is 11.2. The first-order valence-electron chi connectivity index (χ1n) is 8.93. The summed E-state index contributed by atoms with van der Waals surface area (Å²) in [6.45, 7) is 4.01. The van der Waals surface area contributed by atoms with Crippen LogP contribution in [0.1, 0.15) is 30.4 Å². The molecule has 0 aliphatic carbocycles. The van der Waals surface area contributed by atoms with Crippen molar-refractivity contribution in [3.8, 4) is 5.69 Å². The number of halogens is 1. The van der Waals surface area contributed by atoms with Crippen molar-refractivity contribution in [2.75, 3.05) is 5.32 Å². The van der Waals surface area contributed by atoms with Crippen molar-refractivity contribution in [1.29, 1.82) is 0 Å². The van der Waals surface area contributed by atoms with Gasteiger partial charge in [-0.25, -0.2) is 14.1 Å². The van der Waals surface area contributed by atoms with E-state index in [0.29, 0.717) is 11.4 Å². The number of aromatic nitrogens is 5. The lowest BCUT2D eigenvalue weighted by Crippen LogP contribution is -2.24. The van der Waals surface area contributed by atoms with Gasteiger partial charge in [-0.1, -0.05) is 0 Å². The molecule has 8 nitrogen and oxygen atoms in total. The maximum absolute atomic E-state index is 13.1. The molecule has 0 aliphatic rings. The number of nitrogens with one attached hydrogen (secondary N) is 1. The number of fused-ring (bicyclic) bond motifs is 1. The predicted molar refractivity (Wildman–Crippen MR) is 106 cm³/mol. The molecule has 4 aromatic rings. The van der Waals surface area contributed by atoms with Crippen molar-refractivity contribution < 1.29 is 9.18 Å². The summed E-state index contributed by atoms with van der Waals surface area (Å²) in [5.41, 5.74) is 1.16. The topological polar surface area (TPSA) is 94.7 Å². The SMILES string of the molecule is CC(C)n1ncc2cc(NC(=O)c3ccc(=O)n(-c4ccc(F)cc4)n3)cnc21. The molecule has 9 heteroatoms. The van der Waals surface area contributed by atoms with E-state index in [0.717, 1.165) is 15.7 Å². The zero-order valence-electron chi connectivity index (χ0n) is 15.7. The maximum Gasteiger partial charge on any atom is 0.276 e. The van der Waals surface area contributed by atoms with Crippen LogP contribution < -0.4 is 10.9 Å². The number of hydrogen-bond donors (Lipinski definition) is 1. The molecule has 0 saturated heterocycles. The van der Waals surface area contributed by atoms with Gasteiger partial charge in [0.1, 0.15) is 11.5 Å². The van der Waals surface area contributed by atoms with E-state index >= 15 is 0 Å². The number of benzene rings is 1. The number of anilines is 1. The highest BCUT2D eigenvalue weighted by Gasteiger charge is 2.13. The quantitative estimate of drug-likeness (QED) is 0.576. The van der Waals surface area contributed by atoms with Gasteiger partial charge in [-0.2, -0.15) is 14.9 Å². The average Bonchev–Trinajstić information content (AvgIpc) is 3.12. The van der Waals surface area contributed by atoms with E-state index in [9.17, 15) is 14.0 Å². The Labute approximate surface area is 164 Å². The summed E-state index contributed by atoms with van der Waals surface area (Å²) in [6, 6.07) is 9.76. The lowest BCUT2D eigenvalue weighted by molar-refractivity contribution is 0.102. The van der Waals surface area contributed by atoms with Gasteiger partial charge in [-0.15, -0.1) is 0 Å². The standard InChI is InChI=1S/C20H17FN6O2/c1-12(2)26-19-13(10-23-26)9-15(11-22-19)24-20(29)17-7-8-18(28)27(25-17)16-5-3-14(21)4-6-16/h3-12H,1-2H3,(H,24,29). The predicted octanol–water partition coefficient (Wildman–Crippen LogP) is 2.95. The Morgan fingerprint density at radius 2 is 1.86 bits per heavy atom. The van der Waals surface area contributed by atoms with Crippen LogP contribution in [-0.4, -0.2) is 30.5 Å². The number of pyridine rings is 1. The number of rotatable bonds is 4. The van der Waals surface area contributed by atoms with Crippen LogP contribution in [-0.2, 0) is 0 Å². The fourth-order valence-corrected chi connectivity index (χ4v) is 2.88. The summed E-state index contributed by atoms with van der Waals surface area (Å²) in [5, 5.41) is 11.9. The molecule has 3 heterocycles. The fraction of sp³-hybridized carbons (Fsp3) is 0.150. The van der Waals surface area contributed by atoms with Crippen LogP contribution in [0.25, 0.3) is 16.7 Å². The molecule has 0 aliphatic heterocycles. The van der Waals surface area contributed by atoms with Crippen LogP contribution in [0.5, 0.6) is 0 Å². The highest BCUT2D eigenvalue weighted by atomic mass is 19.1. The number of hydrogen-bond acceptors (Lipinski definition) is 5. The first kappa shape index (κ1) is 18.5. The van der Waals surface area contributed by atoms with E-state index in [1.807, 2.05) is 13.8 Å². The molecule has 0 saturated carbocycles. The van der Waals surface area contributed by atoms with Gasteiger partial charge in [-0.3, -0.25) is 9.59 Å². The highest BCUT2D eigenvalue weighted by molar-refractivity contribution is 6.03. The van der Waals surface area contributed by atoms with Crippen LogP contribution in [0.3, 0.4) is 0 Å². The summed E-state index contributed by atoms with van der Waals surface area (Å²) in [6.07, 6.45) is 3.22. The second-order valence-corrected chi connectivity index (χ2v) is 6.72. The molecular weight excluding hydrogens is 375 g/mol. The molecule has 0 fully saturated rings. The summed E-state index contributed by atoms with van der Waals surface area (Å²) >= 11 is 0. The molecule has 0 atom stereocenters. The molecule has 3 aromatic heterocycles. The molecular formula is C20H17FN6O2. The smallest absolute Gasteiger partial charge is 0.276 e. The van der Waals surface area contributed by atoms with Crippen molar-refractivity contribution in [2.24, 2.45) is 0 Å². The van der Waals surface area contributed by atoms with Crippen LogP contribution >= 0.6 is 0 Å². The van der Waals surface area contributed by atoms with E-state index in [4.69, 9.17) is 0 Å². The van der Waals surface area contributed by atoms with Crippen LogP contribution in [0.4, 0.5) is 10.1 Å². The summed E-state index contributed by atoms with van der Waals surface area (Å²) in [5.74, 6) is -0.933. The second-order valence-electron chi connectivity index (χ2n) is 6.72. The van der Waals surface area contributed by atoms with Gasteiger partial charge in [-0.05, 0) is 50.2 Å². The van der Waals surface area contributed by atoms with Gasteiger partial charge in [0.05, 0.1) is 23.8 Å². The van der Waals surface area contributed by atoms with E-state index in [1.54, 1.807) is 16.9 Å². The number of amides is 1. The van der Waals surface area contributed by atoms with Crippen LogP contribution in [0.15, 0.2) is 59.7 Å². The molecule has 1 aromatic carbocycles. The molecule has 1 N–H and O–H groups in total. The van der Waals surface area contributed by atoms with E-state index in [2.05, 4.69) is 20.5 Å². The molecule has 0 bridgehead atoms. The van der Waals surface area contributed by atoms with Gasteiger partial charge in [0.25, 0.3) is 11.5 Å². The minimum Gasteiger partial charge on any atom is -0.319 e. The Morgan fingerprint density at radius 1 is 1.10 bits per heavy atom. The number of carbonyl (C=O) groups is 1. The molecule has 0 unspecified atom stereocenters. The van der Waals surface area contributed by atoms with E-state index in [-0.39, 0.29) is 11.7 Å². The highest BCUT2D eigenvalue weighted by Crippen LogP contribution is 2.19. The second kappa shape index (κ2) is 7.27. The molecule has 1 amide bonds. The van der Waals surface area contributed by atoms with E-state index < -0.39 is 17.3 Å². The minimum absolute atomic E-state index is 0.0342. The fourth-order valence-electron chi connectivity index (χ4n) is 2.88. The maximum atomic E-state index is 13.1.